The second-order valence-electron chi connectivity index (χ2n) is 4.58. The normalized spacial score (nSPS) is 10.6. The zero-order valence-electron chi connectivity index (χ0n) is 11.4. The van der Waals surface area contributed by atoms with Gasteiger partial charge < -0.3 is 9.64 Å². The Bertz CT molecular complexity index is 418. The van der Waals surface area contributed by atoms with Crippen LogP contribution >= 0.6 is 15.9 Å². The van der Waals surface area contributed by atoms with E-state index in [1.165, 1.54) is 0 Å². The number of halogens is 1. The first-order chi connectivity index (χ1) is 8.49. The molecule has 0 N–H and O–H groups in total. The molecular weight excluding hydrogens is 294 g/mol. The first-order valence-corrected chi connectivity index (χ1v) is 6.91. The number of methoxy groups -OCH3 is 1. The molecule has 18 heavy (non-hydrogen) atoms. The highest BCUT2D eigenvalue weighted by Crippen LogP contribution is 2.24. The molecule has 4 heteroatoms. The third-order valence-corrected chi connectivity index (χ3v) is 3.35. The number of amides is 1. The van der Waals surface area contributed by atoms with Gasteiger partial charge in [0.25, 0.3) is 5.91 Å². The van der Waals surface area contributed by atoms with Gasteiger partial charge in [-0.2, -0.15) is 0 Å². The maximum absolute atomic E-state index is 12.4. The standard InChI is InChI=1S/C14H20BrNO2/c1-5-16(9-10(2)3)14(17)12-8-11(18-4)6-7-13(12)15/h6-8,10H,5,9H2,1-4H3. The van der Waals surface area contributed by atoms with Gasteiger partial charge in [-0.3, -0.25) is 4.79 Å². The Kier molecular flexibility index (Phi) is 5.66. The molecule has 0 unspecified atom stereocenters. The highest BCUT2D eigenvalue weighted by atomic mass is 79.9. The van der Waals surface area contributed by atoms with Gasteiger partial charge in [0.1, 0.15) is 5.75 Å². The van der Waals surface area contributed by atoms with Crippen molar-refractivity contribution in [3.8, 4) is 5.75 Å². The van der Waals surface area contributed by atoms with E-state index in [-0.39, 0.29) is 5.91 Å². The summed E-state index contributed by atoms with van der Waals surface area (Å²) < 4.78 is 5.96. The number of ether oxygens (including phenoxy) is 1. The lowest BCUT2D eigenvalue weighted by molar-refractivity contribution is 0.0744. The molecule has 0 aliphatic carbocycles. The van der Waals surface area contributed by atoms with Gasteiger partial charge in [-0.15, -0.1) is 0 Å². The van der Waals surface area contributed by atoms with Crippen LogP contribution in [0.25, 0.3) is 0 Å². The maximum Gasteiger partial charge on any atom is 0.255 e. The van der Waals surface area contributed by atoms with Crippen molar-refractivity contribution in [1.82, 2.24) is 4.90 Å². The second-order valence-corrected chi connectivity index (χ2v) is 5.44. The van der Waals surface area contributed by atoms with Crippen LogP contribution in [0.5, 0.6) is 5.75 Å². The lowest BCUT2D eigenvalue weighted by Crippen LogP contribution is -2.34. The van der Waals surface area contributed by atoms with Crippen LogP contribution in [0, 0.1) is 5.92 Å². The van der Waals surface area contributed by atoms with Crippen molar-refractivity contribution in [2.75, 3.05) is 20.2 Å². The van der Waals surface area contributed by atoms with Gasteiger partial charge in [0.05, 0.1) is 12.7 Å². The summed E-state index contributed by atoms with van der Waals surface area (Å²) in [5.74, 6) is 1.19. The van der Waals surface area contributed by atoms with Crippen molar-refractivity contribution in [2.45, 2.75) is 20.8 Å². The Morgan fingerprint density at radius 1 is 1.44 bits per heavy atom. The molecule has 0 radical (unpaired) electrons. The number of rotatable bonds is 5. The van der Waals surface area contributed by atoms with Crippen molar-refractivity contribution in [1.29, 1.82) is 0 Å². The average Bonchev–Trinajstić information content (AvgIpc) is 2.35. The first-order valence-electron chi connectivity index (χ1n) is 6.12. The molecule has 0 bridgehead atoms. The van der Waals surface area contributed by atoms with Gasteiger partial charge >= 0.3 is 0 Å². The number of hydrogen-bond donors (Lipinski definition) is 0. The van der Waals surface area contributed by atoms with Crippen molar-refractivity contribution in [3.63, 3.8) is 0 Å². The molecule has 1 aromatic rings. The summed E-state index contributed by atoms with van der Waals surface area (Å²) in [5, 5.41) is 0. The Morgan fingerprint density at radius 2 is 2.11 bits per heavy atom. The van der Waals surface area contributed by atoms with Gasteiger partial charge in [0, 0.05) is 17.6 Å². The SMILES string of the molecule is CCN(CC(C)C)C(=O)c1cc(OC)ccc1Br. The van der Waals surface area contributed by atoms with E-state index in [1.54, 1.807) is 13.2 Å². The molecule has 0 heterocycles. The molecule has 3 nitrogen and oxygen atoms in total. The fourth-order valence-corrected chi connectivity index (χ4v) is 2.18. The summed E-state index contributed by atoms with van der Waals surface area (Å²) in [6.07, 6.45) is 0. The highest BCUT2D eigenvalue weighted by Gasteiger charge is 2.18. The fourth-order valence-electron chi connectivity index (χ4n) is 1.76. The molecule has 0 atom stereocenters. The zero-order chi connectivity index (χ0) is 13.7. The molecule has 0 aliphatic heterocycles. The van der Waals surface area contributed by atoms with E-state index in [1.807, 2.05) is 24.0 Å². The average molecular weight is 314 g/mol. The maximum atomic E-state index is 12.4. The Labute approximate surface area is 117 Å². The van der Waals surface area contributed by atoms with Gasteiger partial charge in [0.15, 0.2) is 0 Å². The van der Waals surface area contributed by atoms with Crippen LogP contribution in [0.3, 0.4) is 0 Å². The third-order valence-electron chi connectivity index (χ3n) is 2.66. The number of carbonyl (C=O) groups is 1. The summed E-state index contributed by atoms with van der Waals surface area (Å²) in [6, 6.07) is 5.45. The van der Waals surface area contributed by atoms with Crippen LogP contribution in [0.4, 0.5) is 0 Å². The highest BCUT2D eigenvalue weighted by molar-refractivity contribution is 9.10. The van der Waals surface area contributed by atoms with E-state index in [0.717, 1.165) is 11.0 Å². The van der Waals surface area contributed by atoms with Crippen molar-refractivity contribution in [2.24, 2.45) is 5.92 Å². The van der Waals surface area contributed by atoms with E-state index < -0.39 is 0 Å². The van der Waals surface area contributed by atoms with Crippen LogP contribution in [-0.4, -0.2) is 31.0 Å². The molecule has 0 saturated heterocycles. The lowest BCUT2D eigenvalue weighted by Gasteiger charge is -2.23. The minimum absolute atomic E-state index is 0.0389. The third kappa shape index (κ3) is 3.73. The van der Waals surface area contributed by atoms with E-state index >= 15 is 0 Å². The minimum atomic E-state index is 0.0389. The molecule has 0 aromatic heterocycles. The molecular formula is C14H20BrNO2. The molecule has 1 aromatic carbocycles. The number of nitrogens with zero attached hydrogens (tertiary/aromatic N) is 1. The largest absolute Gasteiger partial charge is 0.497 e. The summed E-state index contributed by atoms with van der Waals surface area (Å²) in [4.78, 5) is 14.3. The molecule has 0 aliphatic rings. The van der Waals surface area contributed by atoms with Gasteiger partial charge in [0.2, 0.25) is 0 Å². The monoisotopic (exact) mass is 313 g/mol. The minimum Gasteiger partial charge on any atom is -0.497 e. The van der Waals surface area contributed by atoms with E-state index in [0.29, 0.717) is 23.8 Å². The van der Waals surface area contributed by atoms with Crippen LogP contribution in [0.1, 0.15) is 31.1 Å². The fraction of sp³-hybridized carbons (Fsp3) is 0.500. The zero-order valence-corrected chi connectivity index (χ0v) is 13.0. The molecule has 100 valence electrons. The summed E-state index contributed by atoms with van der Waals surface area (Å²) in [7, 11) is 1.60. The topological polar surface area (TPSA) is 29.5 Å². The Morgan fingerprint density at radius 3 is 2.61 bits per heavy atom. The van der Waals surface area contributed by atoms with Crippen LogP contribution in [-0.2, 0) is 0 Å². The lowest BCUT2D eigenvalue weighted by atomic mass is 10.1. The van der Waals surface area contributed by atoms with Gasteiger partial charge in [-0.05, 0) is 47.0 Å². The summed E-state index contributed by atoms with van der Waals surface area (Å²) >= 11 is 3.42. The molecule has 0 saturated carbocycles. The van der Waals surface area contributed by atoms with Crippen molar-refractivity contribution < 1.29 is 9.53 Å². The molecule has 1 rings (SSSR count). The molecule has 0 fully saturated rings. The predicted molar refractivity (Wildman–Crippen MR) is 77.1 cm³/mol. The first kappa shape index (κ1) is 15.0. The van der Waals surface area contributed by atoms with E-state index in [4.69, 9.17) is 4.74 Å². The van der Waals surface area contributed by atoms with Crippen molar-refractivity contribution in [3.05, 3.63) is 28.2 Å². The van der Waals surface area contributed by atoms with Gasteiger partial charge in [-0.25, -0.2) is 0 Å². The smallest absolute Gasteiger partial charge is 0.255 e. The number of benzene rings is 1. The van der Waals surface area contributed by atoms with Crippen LogP contribution in [0.15, 0.2) is 22.7 Å². The quantitative estimate of drug-likeness (QED) is 0.831. The van der Waals surface area contributed by atoms with Crippen LogP contribution in [0.2, 0.25) is 0 Å². The van der Waals surface area contributed by atoms with Crippen LogP contribution < -0.4 is 4.74 Å². The summed E-state index contributed by atoms with van der Waals surface area (Å²) in [6.45, 7) is 7.68. The van der Waals surface area contributed by atoms with Gasteiger partial charge in [-0.1, -0.05) is 13.8 Å². The number of carbonyl (C=O) groups excluding carboxylic acids is 1. The van der Waals surface area contributed by atoms with E-state index in [9.17, 15) is 4.79 Å². The summed E-state index contributed by atoms with van der Waals surface area (Å²) in [5.41, 5.74) is 0.650. The predicted octanol–water partition coefficient (Wildman–Crippen LogP) is 3.58. The molecule has 1 amide bonds. The second kappa shape index (κ2) is 6.78. The Hall–Kier alpha value is -1.03. The van der Waals surface area contributed by atoms with E-state index in [2.05, 4.69) is 29.8 Å². The van der Waals surface area contributed by atoms with Crippen molar-refractivity contribution >= 4 is 21.8 Å². The Balaban J connectivity index is 3.00. The molecule has 0 spiro atoms. The number of hydrogen-bond acceptors (Lipinski definition) is 2.